The van der Waals surface area contributed by atoms with Crippen molar-refractivity contribution in [1.29, 1.82) is 0 Å². The Labute approximate surface area is 118 Å². The van der Waals surface area contributed by atoms with Gasteiger partial charge in [0.25, 0.3) is 5.91 Å². The number of likely N-dealkylation sites (N-methyl/N-ethyl adjacent to an activating group) is 1. The molecule has 0 aliphatic heterocycles. The van der Waals surface area contributed by atoms with Crippen molar-refractivity contribution in [2.75, 3.05) is 23.4 Å². The van der Waals surface area contributed by atoms with E-state index in [1.54, 1.807) is 24.3 Å². The standard InChI is InChI=1S/C16H16N2O2/c1-17(14-8-4-2-5-9-14)12-16(20)18(13-19)15-10-6-3-7-11-15/h2-11,13H,12H2,1H3. The van der Waals surface area contributed by atoms with Crippen LogP contribution in [-0.4, -0.2) is 25.9 Å². The summed E-state index contributed by atoms with van der Waals surface area (Å²) in [5, 5.41) is 0. The molecule has 2 rings (SSSR count). The molecule has 4 heteroatoms. The van der Waals surface area contributed by atoms with Crippen LogP contribution in [0.25, 0.3) is 0 Å². The molecule has 0 spiro atoms. The third-order valence-electron chi connectivity index (χ3n) is 2.98. The molecule has 0 saturated carbocycles. The molecule has 0 aliphatic rings. The number of benzene rings is 2. The van der Waals surface area contributed by atoms with Crippen LogP contribution in [0.2, 0.25) is 0 Å². The van der Waals surface area contributed by atoms with Crippen LogP contribution in [0, 0.1) is 0 Å². The Morgan fingerprint density at radius 2 is 1.45 bits per heavy atom. The first kappa shape index (κ1) is 13.8. The van der Waals surface area contributed by atoms with Crippen molar-refractivity contribution in [2.45, 2.75) is 0 Å². The SMILES string of the molecule is CN(CC(=O)N(C=O)c1ccccc1)c1ccccc1. The molecule has 4 nitrogen and oxygen atoms in total. The molecule has 2 aromatic carbocycles. The van der Waals surface area contributed by atoms with E-state index in [4.69, 9.17) is 0 Å². The predicted molar refractivity (Wildman–Crippen MR) is 79.7 cm³/mol. The van der Waals surface area contributed by atoms with Gasteiger partial charge in [0.15, 0.2) is 0 Å². The molecule has 0 fully saturated rings. The first-order chi connectivity index (χ1) is 9.72. The minimum Gasteiger partial charge on any atom is -0.365 e. The molecule has 102 valence electrons. The fourth-order valence-corrected chi connectivity index (χ4v) is 1.91. The summed E-state index contributed by atoms with van der Waals surface area (Å²) >= 11 is 0. The molecule has 0 aromatic heterocycles. The number of rotatable bonds is 5. The summed E-state index contributed by atoms with van der Waals surface area (Å²) in [5.74, 6) is -0.266. The van der Waals surface area contributed by atoms with Crippen molar-refractivity contribution in [3.8, 4) is 0 Å². The van der Waals surface area contributed by atoms with Crippen LogP contribution in [-0.2, 0) is 9.59 Å². The summed E-state index contributed by atoms with van der Waals surface area (Å²) in [5.41, 5.74) is 1.51. The van der Waals surface area contributed by atoms with Gasteiger partial charge in [-0.3, -0.25) is 14.5 Å². The van der Waals surface area contributed by atoms with Gasteiger partial charge in [-0.25, -0.2) is 0 Å². The van der Waals surface area contributed by atoms with Gasteiger partial charge in [-0.05, 0) is 24.3 Å². The lowest BCUT2D eigenvalue weighted by Crippen LogP contribution is -2.38. The van der Waals surface area contributed by atoms with E-state index in [1.807, 2.05) is 48.3 Å². The van der Waals surface area contributed by atoms with Crippen LogP contribution < -0.4 is 9.80 Å². The Hall–Kier alpha value is -2.62. The van der Waals surface area contributed by atoms with Crippen molar-refractivity contribution < 1.29 is 9.59 Å². The second kappa shape index (κ2) is 6.52. The van der Waals surface area contributed by atoms with Crippen LogP contribution in [0.3, 0.4) is 0 Å². The third-order valence-corrected chi connectivity index (χ3v) is 2.98. The highest BCUT2D eigenvalue weighted by Gasteiger charge is 2.16. The van der Waals surface area contributed by atoms with Gasteiger partial charge in [0.2, 0.25) is 6.41 Å². The number of hydrogen-bond acceptors (Lipinski definition) is 3. The van der Waals surface area contributed by atoms with Gasteiger partial charge in [0, 0.05) is 12.7 Å². The molecule has 0 radical (unpaired) electrons. The van der Waals surface area contributed by atoms with Gasteiger partial charge < -0.3 is 4.90 Å². The van der Waals surface area contributed by atoms with Crippen LogP contribution in [0.15, 0.2) is 60.7 Å². The molecule has 0 bridgehead atoms. The minimum atomic E-state index is -0.266. The first-order valence-electron chi connectivity index (χ1n) is 6.31. The van der Waals surface area contributed by atoms with E-state index in [0.29, 0.717) is 12.1 Å². The smallest absolute Gasteiger partial charge is 0.253 e. The maximum atomic E-state index is 12.2. The van der Waals surface area contributed by atoms with E-state index in [2.05, 4.69) is 0 Å². The number of nitrogens with zero attached hydrogens (tertiary/aromatic N) is 2. The van der Waals surface area contributed by atoms with Gasteiger partial charge in [0.1, 0.15) is 0 Å². The topological polar surface area (TPSA) is 40.6 Å². The van der Waals surface area contributed by atoms with Crippen molar-refractivity contribution in [1.82, 2.24) is 0 Å². The molecule has 2 aromatic rings. The number of amides is 2. The fourth-order valence-electron chi connectivity index (χ4n) is 1.91. The van der Waals surface area contributed by atoms with E-state index in [0.717, 1.165) is 10.6 Å². The van der Waals surface area contributed by atoms with E-state index in [1.165, 1.54) is 0 Å². The monoisotopic (exact) mass is 268 g/mol. The van der Waals surface area contributed by atoms with Gasteiger partial charge in [-0.2, -0.15) is 0 Å². The molecule has 0 heterocycles. The second-order valence-corrected chi connectivity index (χ2v) is 4.40. The van der Waals surface area contributed by atoms with Gasteiger partial charge in [0.05, 0.1) is 12.2 Å². The first-order valence-corrected chi connectivity index (χ1v) is 6.31. The van der Waals surface area contributed by atoms with Gasteiger partial charge in [-0.15, -0.1) is 0 Å². The normalized spacial score (nSPS) is 9.85. The van der Waals surface area contributed by atoms with Crippen LogP contribution in [0.5, 0.6) is 0 Å². The largest absolute Gasteiger partial charge is 0.365 e. The Balaban J connectivity index is 2.09. The van der Waals surface area contributed by atoms with Crippen molar-refractivity contribution >= 4 is 23.7 Å². The molecule has 2 amide bonds. The zero-order valence-corrected chi connectivity index (χ0v) is 11.3. The highest BCUT2D eigenvalue weighted by molar-refractivity contribution is 6.08. The summed E-state index contributed by atoms with van der Waals surface area (Å²) in [6.07, 6.45) is 0.552. The van der Waals surface area contributed by atoms with Crippen molar-refractivity contribution in [2.24, 2.45) is 0 Å². The van der Waals surface area contributed by atoms with Crippen molar-refractivity contribution in [3.63, 3.8) is 0 Å². The van der Waals surface area contributed by atoms with Crippen molar-refractivity contribution in [3.05, 3.63) is 60.7 Å². The lowest BCUT2D eigenvalue weighted by Gasteiger charge is -2.22. The number of carbonyl (C=O) groups excluding carboxylic acids is 2. The molecule has 0 saturated heterocycles. The highest BCUT2D eigenvalue weighted by atomic mass is 16.2. The molecule has 20 heavy (non-hydrogen) atoms. The van der Waals surface area contributed by atoms with Crippen LogP contribution >= 0.6 is 0 Å². The Morgan fingerprint density at radius 1 is 0.950 bits per heavy atom. The number of para-hydroxylation sites is 2. The molecular formula is C16H16N2O2. The second-order valence-electron chi connectivity index (χ2n) is 4.40. The quantitative estimate of drug-likeness (QED) is 0.781. The number of hydrogen-bond donors (Lipinski definition) is 0. The summed E-state index contributed by atoms with van der Waals surface area (Å²) < 4.78 is 0. The lowest BCUT2D eigenvalue weighted by atomic mass is 10.2. The zero-order chi connectivity index (χ0) is 14.4. The summed E-state index contributed by atoms with van der Waals surface area (Å²) in [4.78, 5) is 26.3. The number of imide groups is 1. The summed E-state index contributed by atoms with van der Waals surface area (Å²) in [6.45, 7) is 0.137. The van der Waals surface area contributed by atoms with Gasteiger partial charge in [-0.1, -0.05) is 36.4 Å². The molecule has 0 unspecified atom stereocenters. The zero-order valence-electron chi connectivity index (χ0n) is 11.3. The Bertz CT molecular complexity index is 570. The Morgan fingerprint density at radius 3 is 1.95 bits per heavy atom. The molecule has 0 atom stereocenters. The maximum absolute atomic E-state index is 12.2. The third kappa shape index (κ3) is 3.23. The van der Waals surface area contributed by atoms with Crippen LogP contribution in [0.1, 0.15) is 0 Å². The van der Waals surface area contributed by atoms with Crippen LogP contribution in [0.4, 0.5) is 11.4 Å². The predicted octanol–water partition coefficient (Wildman–Crippen LogP) is 2.31. The Kier molecular flexibility index (Phi) is 4.50. The molecule has 0 aliphatic carbocycles. The number of carbonyl (C=O) groups is 2. The average molecular weight is 268 g/mol. The van der Waals surface area contributed by atoms with E-state index < -0.39 is 0 Å². The average Bonchev–Trinajstić information content (AvgIpc) is 2.50. The van der Waals surface area contributed by atoms with E-state index in [-0.39, 0.29) is 12.5 Å². The highest BCUT2D eigenvalue weighted by Crippen LogP contribution is 2.14. The van der Waals surface area contributed by atoms with Gasteiger partial charge >= 0.3 is 0 Å². The van der Waals surface area contributed by atoms with E-state index >= 15 is 0 Å². The number of anilines is 2. The lowest BCUT2D eigenvalue weighted by molar-refractivity contribution is -0.120. The fraction of sp³-hybridized carbons (Fsp3) is 0.125. The minimum absolute atomic E-state index is 0.137. The summed E-state index contributed by atoms with van der Waals surface area (Å²) in [7, 11) is 1.82. The van der Waals surface area contributed by atoms with E-state index in [9.17, 15) is 9.59 Å². The summed E-state index contributed by atoms with van der Waals surface area (Å²) in [6, 6.07) is 18.5. The molecule has 0 N–H and O–H groups in total. The molecular weight excluding hydrogens is 252 g/mol. The maximum Gasteiger partial charge on any atom is 0.253 e.